The minimum absolute atomic E-state index is 0.146. The third-order valence-corrected chi connectivity index (χ3v) is 3.27. The fourth-order valence-electron chi connectivity index (χ4n) is 1.85. The lowest BCUT2D eigenvalue weighted by Crippen LogP contribution is -2.13. The van der Waals surface area contributed by atoms with Gasteiger partial charge in [0.2, 0.25) is 0 Å². The minimum atomic E-state index is -0.146. The van der Waals surface area contributed by atoms with Gasteiger partial charge in [-0.15, -0.1) is 0 Å². The van der Waals surface area contributed by atoms with Crippen molar-refractivity contribution in [3.63, 3.8) is 0 Å². The maximum atomic E-state index is 12.1. The summed E-state index contributed by atoms with van der Waals surface area (Å²) in [6, 6.07) is 14.8. The summed E-state index contributed by atoms with van der Waals surface area (Å²) in [4.78, 5) is 12.4. The number of carbonyl (C=O) groups is 1. The summed E-state index contributed by atoms with van der Waals surface area (Å²) in [5.74, 6) is -0.146. The van der Waals surface area contributed by atoms with Gasteiger partial charge in [-0.25, -0.2) is 0 Å². The third kappa shape index (κ3) is 3.42. The number of thiocarbonyl (C=S) groups is 1. The molecule has 0 aliphatic rings. The molecule has 20 heavy (non-hydrogen) atoms. The molecule has 0 saturated heterocycles. The van der Waals surface area contributed by atoms with Gasteiger partial charge in [-0.2, -0.15) is 0 Å². The first-order chi connectivity index (χ1) is 9.60. The van der Waals surface area contributed by atoms with Crippen molar-refractivity contribution in [1.82, 2.24) is 0 Å². The summed E-state index contributed by atoms with van der Waals surface area (Å²) in [6.45, 7) is 2.08. The van der Waals surface area contributed by atoms with Crippen molar-refractivity contribution in [2.45, 2.75) is 13.3 Å². The lowest BCUT2D eigenvalue weighted by molar-refractivity contribution is 0.102. The van der Waals surface area contributed by atoms with E-state index in [0.29, 0.717) is 16.2 Å². The molecule has 4 heteroatoms. The van der Waals surface area contributed by atoms with E-state index in [0.717, 1.165) is 12.0 Å². The molecule has 0 unspecified atom stereocenters. The lowest BCUT2D eigenvalue weighted by Gasteiger charge is -2.07. The molecule has 0 saturated carbocycles. The Morgan fingerprint density at radius 2 is 1.85 bits per heavy atom. The smallest absolute Gasteiger partial charge is 0.255 e. The molecule has 0 aliphatic heterocycles. The number of benzene rings is 2. The number of nitrogens with one attached hydrogen (secondary N) is 1. The first-order valence-electron chi connectivity index (χ1n) is 6.40. The molecular weight excluding hydrogens is 268 g/mol. The molecule has 0 aliphatic carbocycles. The molecule has 2 aromatic carbocycles. The van der Waals surface area contributed by atoms with Crippen LogP contribution in [-0.2, 0) is 6.42 Å². The quantitative estimate of drug-likeness (QED) is 0.848. The molecule has 0 bridgehead atoms. The first-order valence-corrected chi connectivity index (χ1v) is 6.81. The predicted octanol–water partition coefficient (Wildman–Crippen LogP) is 3.14. The van der Waals surface area contributed by atoms with Gasteiger partial charge in [0.05, 0.1) is 0 Å². The van der Waals surface area contributed by atoms with Crippen LogP contribution in [0.1, 0.15) is 28.4 Å². The predicted molar refractivity (Wildman–Crippen MR) is 86.1 cm³/mol. The Balaban J connectivity index is 2.14. The van der Waals surface area contributed by atoms with E-state index in [2.05, 4.69) is 12.2 Å². The summed E-state index contributed by atoms with van der Waals surface area (Å²) in [7, 11) is 0. The maximum absolute atomic E-state index is 12.1. The van der Waals surface area contributed by atoms with Crippen molar-refractivity contribution >= 4 is 28.8 Å². The second-order valence-corrected chi connectivity index (χ2v) is 4.89. The zero-order valence-electron chi connectivity index (χ0n) is 11.2. The van der Waals surface area contributed by atoms with Gasteiger partial charge in [-0.1, -0.05) is 43.4 Å². The normalized spacial score (nSPS) is 10.1. The third-order valence-electron chi connectivity index (χ3n) is 3.03. The molecule has 3 N–H and O–H groups in total. The van der Waals surface area contributed by atoms with Crippen molar-refractivity contribution in [3.8, 4) is 0 Å². The van der Waals surface area contributed by atoms with Gasteiger partial charge in [0.25, 0.3) is 5.91 Å². The van der Waals surface area contributed by atoms with Gasteiger partial charge in [0.1, 0.15) is 4.99 Å². The Labute approximate surface area is 123 Å². The number of amides is 1. The first kappa shape index (κ1) is 14.2. The fourth-order valence-corrected chi connectivity index (χ4v) is 1.97. The van der Waals surface area contributed by atoms with Crippen LogP contribution in [0.4, 0.5) is 5.69 Å². The highest BCUT2D eigenvalue weighted by Gasteiger charge is 2.06. The molecule has 2 aromatic rings. The molecule has 1 amide bonds. The second kappa shape index (κ2) is 6.30. The summed E-state index contributed by atoms with van der Waals surface area (Å²) in [5.41, 5.74) is 8.82. The van der Waals surface area contributed by atoms with Crippen LogP contribution in [0.2, 0.25) is 0 Å². The number of hydrogen-bond acceptors (Lipinski definition) is 2. The van der Waals surface area contributed by atoms with Gasteiger partial charge >= 0.3 is 0 Å². The molecule has 2 rings (SSSR count). The van der Waals surface area contributed by atoms with Crippen LogP contribution in [0.25, 0.3) is 0 Å². The number of anilines is 1. The van der Waals surface area contributed by atoms with Gasteiger partial charge in [-0.05, 0) is 36.2 Å². The zero-order valence-corrected chi connectivity index (χ0v) is 12.0. The molecular formula is C16H16N2OS. The molecule has 0 radical (unpaired) electrons. The number of nitrogens with two attached hydrogens (primary N) is 1. The summed E-state index contributed by atoms with van der Waals surface area (Å²) in [6.07, 6.45) is 0.956. The molecule has 0 heterocycles. The largest absolute Gasteiger partial charge is 0.389 e. The zero-order chi connectivity index (χ0) is 14.5. The highest BCUT2D eigenvalue weighted by atomic mass is 32.1. The average Bonchev–Trinajstić information content (AvgIpc) is 2.47. The van der Waals surface area contributed by atoms with Crippen LogP contribution in [-0.4, -0.2) is 10.9 Å². The maximum Gasteiger partial charge on any atom is 0.255 e. The topological polar surface area (TPSA) is 55.1 Å². The van der Waals surface area contributed by atoms with E-state index in [4.69, 9.17) is 18.0 Å². The van der Waals surface area contributed by atoms with Gasteiger partial charge in [0.15, 0.2) is 0 Å². The number of hydrogen-bond donors (Lipinski definition) is 2. The van der Waals surface area contributed by atoms with Gasteiger partial charge in [0, 0.05) is 16.8 Å². The monoisotopic (exact) mass is 284 g/mol. The molecule has 0 fully saturated rings. The molecule has 0 aromatic heterocycles. The molecule has 0 spiro atoms. The second-order valence-electron chi connectivity index (χ2n) is 4.45. The van der Waals surface area contributed by atoms with Crippen molar-refractivity contribution < 1.29 is 4.79 Å². The van der Waals surface area contributed by atoms with Crippen molar-refractivity contribution in [2.75, 3.05) is 5.32 Å². The van der Waals surface area contributed by atoms with Crippen LogP contribution in [0.15, 0.2) is 48.5 Å². The van der Waals surface area contributed by atoms with E-state index >= 15 is 0 Å². The Morgan fingerprint density at radius 3 is 2.45 bits per heavy atom. The van der Waals surface area contributed by atoms with Crippen LogP contribution >= 0.6 is 12.2 Å². The van der Waals surface area contributed by atoms with E-state index in [9.17, 15) is 4.79 Å². The average molecular weight is 284 g/mol. The van der Waals surface area contributed by atoms with Crippen molar-refractivity contribution in [2.24, 2.45) is 5.73 Å². The van der Waals surface area contributed by atoms with E-state index in [-0.39, 0.29) is 5.91 Å². The summed E-state index contributed by atoms with van der Waals surface area (Å²) in [5, 5.41) is 2.84. The molecule has 3 nitrogen and oxygen atoms in total. The van der Waals surface area contributed by atoms with Gasteiger partial charge < -0.3 is 11.1 Å². The van der Waals surface area contributed by atoms with Gasteiger partial charge in [-0.3, -0.25) is 4.79 Å². The van der Waals surface area contributed by atoms with E-state index < -0.39 is 0 Å². The van der Waals surface area contributed by atoms with Crippen LogP contribution in [0.3, 0.4) is 0 Å². The lowest BCUT2D eigenvalue weighted by atomic mass is 10.1. The van der Waals surface area contributed by atoms with Crippen LogP contribution in [0, 0.1) is 0 Å². The SMILES string of the molecule is CCc1ccc(C(=O)Nc2cccc(C(N)=S)c2)cc1. The standard InChI is InChI=1S/C16H16N2OS/c1-2-11-6-8-12(9-7-11)16(19)18-14-5-3-4-13(10-14)15(17)20/h3-10H,2H2,1H3,(H2,17,20)(H,18,19). The van der Waals surface area contributed by atoms with E-state index in [1.807, 2.05) is 36.4 Å². The van der Waals surface area contributed by atoms with Crippen LogP contribution in [0.5, 0.6) is 0 Å². The van der Waals surface area contributed by atoms with E-state index in [1.165, 1.54) is 5.56 Å². The summed E-state index contributed by atoms with van der Waals surface area (Å²) < 4.78 is 0. The fraction of sp³-hybridized carbons (Fsp3) is 0.125. The summed E-state index contributed by atoms with van der Waals surface area (Å²) >= 11 is 4.92. The van der Waals surface area contributed by atoms with Crippen molar-refractivity contribution in [1.29, 1.82) is 0 Å². The van der Waals surface area contributed by atoms with Crippen molar-refractivity contribution in [3.05, 3.63) is 65.2 Å². The number of carbonyl (C=O) groups excluding carboxylic acids is 1. The Morgan fingerprint density at radius 1 is 1.15 bits per heavy atom. The minimum Gasteiger partial charge on any atom is -0.389 e. The van der Waals surface area contributed by atoms with Crippen LogP contribution < -0.4 is 11.1 Å². The molecule has 0 atom stereocenters. The Bertz CT molecular complexity index is 635. The highest BCUT2D eigenvalue weighted by Crippen LogP contribution is 2.13. The highest BCUT2D eigenvalue weighted by molar-refractivity contribution is 7.80. The number of aryl methyl sites for hydroxylation is 1. The number of rotatable bonds is 4. The Kier molecular flexibility index (Phi) is 4.48. The molecule has 102 valence electrons. The van der Waals surface area contributed by atoms with E-state index in [1.54, 1.807) is 12.1 Å². The Hall–Kier alpha value is -2.20.